The molecule has 13 N–H and O–H groups in total. The van der Waals surface area contributed by atoms with Crippen molar-refractivity contribution in [1.82, 2.24) is 10.3 Å². The van der Waals surface area contributed by atoms with E-state index in [1.807, 2.05) is 19.2 Å². The van der Waals surface area contributed by atoms with Gasteiger partial charge >= 0.3 is 5.97 Å². The second kappa shape index (κ2) is 18.3. The highest BCUT2D eigenvalue weighted by atomic mass is 16.5. The number of hydrogen-bond donors (Lipinski definition) is 11. The molecule has 16 heteroatoms. The first kappa shape index (κ1) is 51.4. The molecule has 0 aromatic carbocycles. The molecule has 8 aliphatic carbocycles. The SMILES string of the molecule is CC(=O)CNC1=C2[C@H](CC[C@]3(CCN=C(N)N)[C@@H]4[C@H](CC#C[C@@H]([C@@H]5COC(=O)[C@@H]5c5cc[nH]c5)C[C@@]56CC[C@@](O)(C[C@@H](C(O)O)[C@@H]5CC=C5CC[C@H](C)C[C@H]56)[C@]4(C)O)C[C@@]23O)[C@@]2(C)C[C@H](O)[C@H](O)C[C@H]2C1=O. The first-order chi connectivity index (χ1) is 34.0. The maximum Gasteiger partial charge on any atom is 0.313 e. The average molecular weight is 998 g/mol. The number of rotatable bonds is 9. The third-order valence-electron chi connectivity index (χ3n) is 21.4. The zero-order valence-corrected chi connectivity index (χ0v) is 42.5. The van der Waals surface area contributed by atoms with E-state index in [0.29, 0.717) is 37.2 Å². The number of nitrogens with two attached hydrogens (primary N) is 2. The van der Waals surface area contributed by atoms with E-state index in [1.165, 1.54) is 12.5 Å². The number of aliphatic hydroxyl groups is 7. The molecule has 1 aliphatic heterocycles. The van der Waals surface area contributed by atoms with Gasteiger partial charge in [-0.3, -0.25) is 19.4 Å². The van der Waals surface area contributed by atoms with Crippen molar-refractivity contribution in [3.8, 4) is 11.8 Å². The summed E-state index contributed by atoms with van der Waals surface area (Å²) in [6.45, 7) is 7.23. The van der Waals surface area contributed by atoms with Gasteiger partial charge in [-0.05, 0) is 161 Å². The number of ketones is 2. The quantitative estimate of drug-likeness (QED) is 0.0423. The molecule has 1 saturated heterocycles. The number of aliphatic imine (C=N–C) groups is 1. The van der Waals surface area contributed by atoms with Crippen LogP contribution >= 0.6 is 0 Å². The molecule has 9 aliphatic rings. The molecule has 394 valence electrons. The first-order valence-corrected chi connectivity index (χ1v) is 27.0. The third-order valence-corrected chi connectivity index (χ3v) is 21.4. The number of ether oxygens (including phenoxy) is 1. The van der Waals surface area contributed by atoms with E-state index in [-0.39, 0.29) is 118 Å². The summed E-state index contributed by atoms with van der Waals surface area (Å²) in [6.07, 6.45) is 7.01. The third kappa shape index (κ3) is 7.78. The van der Waals surface area contributed by atoms with Crippen LogP contribution in [0.5, 0.6) is 0 Å². The van der Waals surface area contributed by atoms with Crippen LogP contribution in [0.15, 0.2) is 46.4 Å². The van der Waals surface area contributed by atoms with Crippen LogP contribution in [0.4, 0.5) is 0 Å². The Balaban J connectivity index is 1.20. The average Bonchev–Trinajstić information content (AvgIpc) is 4.02. The van der Waals surface area contributed by atoms with E-state index in [4.69, 9.17) is 16.2 Å². The molecule has 6 fully saturated rings. The second-order valence-electron chi connectivity index (χ2n) is 24.9. The standard InChI is InChI=1S/C56H79N5O11/c1-29-8-9-31-10-11-37-35(48(66)67)24-55(70)16-15-53(37,39(31)20-29)22-32(36-28-72-49(68)43(36)34-13-18-59-27-34)6-5-7-33-23-56(71)44-38(12-14-54(56,17-19-60-50(57)58)47(33)52(55,4)69)51(3)25-42(64)41(63)21-40(51)46(65)45(44)61-26-30(2)62/h10,13,18,27,29,32-33,35-43,47-48,59,61,63-64,66-67,69-71H,7-9,11-12,14-17,19-26,28H2,1-4H3,(H4,57,58,60)/t29-,32+,33+,35+,36-,37-,38-,39+,40-,41+,42-,43+,47+,51+,52+,53-,54-,55+,56+/m0/s1. The summed E-state index contributed by atoms with van der Waals surface area (Å²) in [6, 6.07) is 1.90. The van der Waals surface area contributed by atoms with Crippen molar-refractivity contribution < 1.29 is 54.9 Å². The van der Waals surface area contributed by atoms with Crippen molar-refractivity contribution in [1.29, 1.82) is 0 Å². The molecule has 1 spiro atoms. The summed E-state index contributed by atoms with van der Waals surface area (Å²) in [5.74, 6) is 1.21. The molecule has 19 atom stereocenters. The number of aromatic amines is 1. The highest BCUT2D eigenvalue weighted by Gasteiger charge is 2.76. The number of Topliss-reactive ketones (excluding diaryl/α,β-unsaturated/α-hetero) is 2. The van der Waals surface area contributed by atoms with Crippen LogP contribution in [0.2, 0.25) is 0 Å². The van der Waals surface area contributed by atoms with Gasteiger partial charge in [0.25, 0.3) is 0 Å². The van der Waals surface area contributed by atoms with Gasteiger partial charge in [-0.1, -0.05) is 31.4 Å². The van der Waals surface area contributed by atoms with Gasteiger partial charge in [0.2, 0.25) is 0 Å². The Bertz CT molecular complexity index is 2470. The van der Waals surface area contributed by atoms with Crippen molar-refractivity contribution in [2.75, 3.05) is 19.7 Å². The minimum atomic E-state index is -2.04. The number of aromatic nitrogens is 1. The molecule has 5 saturated carbocycles. The number of esters is 1. The lowest BCUT2D eigenvalue weighted by Gasteiger charge is -2.63. The van der Waals surface area contributed by atoms with Gasteiger partial charge in [0, 0.05) is 60.4 Å². The van der Waals surface area contributed by atoms with Gasteiger partial charge in [0.1, 0.15) is 5.78 Å². The molecule has 2 heterocycles. The molecular formula is C56H79N5O11. The number of H-pyrrole nitrogens is 1. The molecule has 1 aromatic rings. The fraction of sp³-hybridized carbons (Fsp3) is 0.750. The van der Waals surface area contributed by atoms with Crippen LogP contribution in [-0.4, -0.2) is 119 Å². The Hall–Kier alpha value is -4.08. The predicted molar refractivity (Wildman–Crippen MR) is 265 cm³/mol. The van der Waals surface area contributed by atoms with Crippen LogP contribution in [0.25, 0.3) is 0 Å². The van der Waals surface area contributed by atoms with Gasteiger partial charge < -0.3 is 62.3 Å². The van der Waals surface area contributed by atoms with E-state index in [2.05, 4.69) is 40.1 Å². The number of carbonyl (C=O) groups is 3. The fourth-order valence-corrected chi connectivity index (χ4v) is 18.2. The molecule has 0 radical (unpaired) electrons. The van der Waals surface area contributed by atoms with Gasteiger partial charge in [-0.2, -0.15) is 0 Å². The number of carbonyl (C=O) groups excluding carboxylic acids is 3. The Labute approximate surface area is 422 Å². The van der Waals surface area contributed by atoms with E-state index < -0.39 is 93.0 Å². The van der Waals surface area contributed by atoms with Crippen molar-refractivity contribution in [2.24, 2.45) is 91.9 Å². The van der Waals surface area contributed by atoms with Crippen LogP contribution in [0.1, 0.15) is 135 Å². The number of allylic oxidation sites excluding steroid dienone is 3. The van der Waals surface area contributed by atoms with Crippen LogP contribution in [0, 0.1) is 87.3 Å². The van der Waals surface area contributed by atoms with Crippen molar-refractivity contribution in [3.05, 3.63) is 46.9 Å². The molecule has 72 heavy (non-hydrogen) atoms. The second-order valence-corrected chi connectivity index (χ2v) is 24.9. The van der Waals surface area contributed by atoms with Crippen molar-refractivity contribution in [3.63, 3.8) is 0 Å². The number of nitrogens with zero attached hydrogens (tertiary/aromatic N) is 1. The Morgan fingerprint density at radius 2 is 1.78 bits per heavy atom. The van der Waals surface area contributed by atoms with Crippen LogP contribution < -0.4 is 16.8 Å². The summed E-state index contributed by atoms with van der Waals surface area (Å²) in [4.78, 5) is 49.4. The molecule has 0 unspecified atom stereocenters. The molecule has 2 bridgehead atoms. The van der Waals surface area contributed by atoms with Gasteiger partial charge in [-0.25, -0.2) is 0 Å². The first-order valence-electron chi connectivity index (χ1n) is 27.0. The lowest BCUT2D eigenvalue weighted by molar-refractivity contribution is -0.234. The van der Waals surface area contributed by atoms with E-state index in [9.17, 15) is 45.3 Å². The number of hydrogen-bond acceptors (Lipinski definition) is 13. The smallest absolute Gasteiger partial charge is 0.313 e. The number of fused-ring (bicyclic) bond motifs is 10. The van der Waals surface area contributed by atoms with Crippen molar-refractivity contribution >= 4 is 23.5 Å². The Morgan fingerprint density at radius 1 is 1.00 bits per heavy atom. The lowest BCUT2D eigenvalue weighted by atomic mass is 9.43. The van der Waals surface area contributed by atoms with Crippen molar-refractivity contribution in [2.45, 2.75) is 165 Å². The minimum Gasteiger partial charge on any atom is -0.465 e. The van der Waals surface area contributed by atoms with Crippen LogP contribution in [0.3, 0.4) is 0 Å². The summed E-state index contributed by atoms with van der Waals surface area (Å²) in [5, 5.41) is 91.5. The highest BCUT2D eigenvalue weighted by molar-refractivity contribution is 6.00. The normalized spacial score (nSPS) is 46.6. The van der Waals surface area contributed by atoms with Gasteiger partial charge in [0.05, 0.1) is 53.8 Å². The largest absolute Gasteiger partial charge is 0.465 e. The Kier molecular flexibility index (Phi) is 13.1. The lowest BCUT2D eigenvalue weighted by Crippen LogP contribution is -2.67. The number of nitrogens with one attached hydrogen (secondary N) is 2. The van der Waals surface area contributed by atoms with E-state index in [0.717, 1.165) is 24.8 Å². The minimum absolute atomic E-state index is 0.00304. The zero-order chi connectivity index (χ0) is 51.5. The fourth-order valence-electron chi connectivity index (χ4n) is 18.2. The molecule has 10 rings (SSSR count). The molecule has 0 amide bonds. The topological polar surface area (TPSA) is 294 Å². The maximum absolute atomic E-state index is 15.2. The van der Waals surface area contributed by atoms with E-state index in [1.54, 1.807) is 13.1 Å². The molecule has 1 aromatic heterocycles. The predicted octanol–water partition coefficient (Wildman–Crippen LogP) is 3.23. The summed E-state index contributed by atoms with van der Waals surface area (Å²) < 4.78 is 5.93. The van der Waals surface area contributed by atoms with Gasteiger partial charge in [0.15, 0.2) is 18.0 Å². The maximum atomic E-state index is 15.2. The zero-order valence-electron chi connectivity index (χ0n) is 42.5. The monoisotopic (exact) mass is 998 g/mol. The number of aliphatic hydroxyl groups excluding tert-OH is 3. The Morgan fingerprint density at radius 3 is 2.49 bits per heavy atom. The van der Waals surface area contributed by atoms with Crippen LogP contribution in [-0.2, 0) is 19.1 Å². The van der Waals surface area contributed by atoms with E-state index >= 15 is 4.79 Å². The number of guanidine groups is 1. The molecular weight excluding hydrogens is 919 g/mol. The summed E-state index contributed by atoms with van der Waals surface area (Å²) in [7, 11) is 0. The molecule has 16 nitrogen and oxygen atoms in total. The number of cyclic esters (lactones) is 1. The summed E-state index contributed by atoms with van der Waals surface area (Å²) in [5.41, 5.74) is 5.82. The highest BCUT2D eigenvalue weighted by Crippen LogP contribution is 2.74. The van der Waals surface area contributed by atoms with Gasteiger partial charge in [-0.15, -0.1) is 5.92 Å². The summed E-state index contributed by atoms with van der Waals surface area (Å²) >= 11 is 0.